The fraction of sp³-hybridized carbons (Fsp3) is 0.200. The first kappa shape index (κ1) is 23.6. The number of carboxylic acids is 1. The van der Waals surface area contributed by atoms with Crippen molar-refractivity contribution in [2.45, 2.75) is 27.4 Å². The maximum absolute atomic E-state index is 14.7. The van der Waals surface area contributed by atoms with Crippen LogP contribution in [0.1, 0.15) is 43.0 Å². The van der Waals surface area contributed by atoms with Crippen LogP contribution < -0.4 is 14.2 Å². The number of carbonyl (C=O) groups excluding carboxylic acids is 1. The van der Waals surface area contributed by atoms with Crippen molar-refractivity contribution in [1.29, 1.82) is 0 Å². The fourth-order valence-corrected chi connectivity index (χ4v) is 3.41. The second-order valence-corrected chi connectivity index (χ2v) is 7.40. The molecule has 7 nitrogen and oxygen atoms in total. The second kappa shape index (κ2) is 9.60. The maximum Gasteiger partial charge on any atom is 0.347 e. The summed E-state index contributed by atoms with van der Waals surface area (Å²) in [6.07, 6.45) is 0. The summed E-state index contributed by atoms with van der Waals surface area (Å²) in [5.41, 5.74) is 1.04. The van der Waals surface area contributed by atoms with Crippen LogP contribution in [0.3, 0.4) is 0 Å². The normalized spacial score (nSPS) is 10.6. The molecule has 0 saturated heterocycles. The molecule has 33 heavy (non-hydrogen) atoms. The summed E-state index contributed by atoms with van der Waals surface area (Å²) in [6, 6.07) is 12.7. The van der Waals surface area contributed by atoms with E-state index >= 15 is 0 Å². The van der Waals surface area contributed by atoms with Gasteiger partial charge in [0.1, 0.15) is 29.2 Å². The molecular weight excluding hydrogens is 431 g/mol. The highest BCUT2D eigenvalue weighted by atomic mass is 19.1. The zero-order chi connectivity index (χ0) is 24.3. The molecule has 0 unspecified atom stereocenters. The van der Waals surface area contributed by atoms with E-state index in [0.717, 1.165) is 5.56 Å². The van der Waals surface area contributed by atoms with Crippen molar-refractivity contribution >= 4 is 11.9 Å². The number of aromatic carboxylic acids is 1. The lowest BCUT2D eigenvalue weighted by molar-refractivity contribution is 0.0691. The zero-order valence-electron chi connectivity index (χ0n) is 18.6. The van der Waals surface area contributed by atoms with Gasteiger partial charge in [-0.15, -0.1) is 0 Å². The van der Waals surface area contributed by atoms with Gasteiger partial charge in [0.2, 0.25) is 5.82 Å². The van der Waals surface area contributed by atoms with E-state index in [1.807, 2.05) is 30.3 Å². The van der Waals surface area contributed by atoms with E-state index in [-0.39, 0.29) is 22.4 Å². The number of carboxylic acid groups (broad SMARTS) is 1. The first-order chi connectivity index (χ1) is 15.6. The van der Waals surface area contributed by atoms with Gasteiger partial charge < -0.3 is 24.4 Å². The number of hydrogen-bond donors (Lipinski definition) is 2. The van der Waals surface area contributed by atoms with Crippen molar-refractivity contribution in [2.75, 3.05) is 7.11 Å². The van der Waals surface area contributed by atoms with E-state index < -0.39 is 34.8 Å². The Hall–Kier alpha value is -4.07. The Morgan fingerprint density at radius 2 is 1.67 bits per heavy atom. The van der Waals surface area contributed by atoms with Gasteiger partial charge in [-0.3, -0.25) is 0 Å². The molecule has 3 aromatic carbocycles. The highest BCUT2D eigenvalue weighted by Gasteiger charge is 2.28. The number of rotatable bonds is 7. The van der Waals surface area contributed by atoms with Crippen LogP contribution in [0.25, 0.3) is 0 Å². The van der Waals surface area contributed by atoms with E-state index in [4.69, 9.17) is 14.2 Å². The van der Waals surface area contributed by atoms with Gasteiger partial charge in [-0.1, -0.05) is 30.3 Å². The molecule has 0 aromatic heterocycles. The molecule has 0 atom stereocenters. The van der Waals surface area contributed by atoms with Crippen LogP contribution in [-0.2, 0) is 6.61 Å². The molecule has 0 saturated carbocycles. The van der Waals surface area contributed by atoms with E-state index in [2.05, 4.69) is 0 Å². The van der Waals surface area contributed by atoms with Crippen molar-refractivity contribution in [3.63, 3.8) is 0 Å². The molecule has 0 aliphatic rings. The maximum atomic E-state index is 14.7. The summed E-state index contributed by atoms with van der Waals surface area (Å²) in [5.74, 6) is -4.78. The van der Waals surface area contributed by atoms with Crippen molar-refractivity contribution in [3.05, 3.63) is 81.7 Å². The summed E-state index contributed by atoms with van der Waals surface area (Å²) in [6.45, 7) is 4.75. The van der Waals surface area contributed by atoms with Crippen LogP contribution in [0.4, 0.5) is 4.39 Å². The van der Waals surface area contributed by atoms with Crippen molar-refractivity contribution in [2.24, 2.45) is 0 Å². The van der Waals surface area contributed by atoms with E-state index in [0.29, 0.717) is 17.9 Å². The van der Waals surface area contributed by atoms with Crippen LogP contribution in [-0.4, -0.2) is 29.3 Å². The van der Waals surface area contributed by atoms with Gasteiger partial charge in [0, 0.05) is 6.07 Å². The Morgan fingerprint density at radius 3 is 2.27 bits per heavy atom. The second-order valence-electron chi connectivity index (χ2n) is 7.40. The predicted octanol–water partition coefficient (Wildman–Crippen LogP) is 4.96. The molecule has 0 bridgehead atoms. The summed E-state index contributed by atoms with van der Waals surface area (Å²) < 4.78 is 31.1. The molecular formula is C25H23FO7. The average Bonchev–Trinajstić information content (AvgIpc) is 2.79. The SMILES string of the molecule is COc1cc(OCc2ccccc2)cc(C)c1C(=O)Oc1c(C)c(C)c(C(=O)O)c(O)c1F. The number of halogens is 1. The third-order valence-electron chi connectivity index (χ3n) is 5.28. The standard InChI is InChI=1S/C25H23FO7/c1-13-10-17(32-12-16-8-6-5-7-9-16)11-18(31-4)19(13)25(30)33-23-15(3)14(2)20(24(28)29)22(27)21(23)26/h5-11,27H,12H2,1-4H3,(H,28,29). The molecule has 2 N–H and O–H groups in total. The largest absolute Gasteiger partial charge is 0.504 e. The Labute approximate surface area is 190 Å². The van der Waals surface area contributed by atoms with Gasteiger partial charge in [-0.05, 0) is 49.1 Å². The number of benzene rings is 3. The minimum atomic E-state index is -1.49. The predicted molar refractivity (Wildman–Crippen MR) is 118 cm³/mol. The molecule has 172 valence electrons. The highest BCUT2D eigenvalue weighted by molar-refractivity contribution is 5.97. The number of hydrogen-bond acceptors (Lipinski definition) is 6. The van der Waals surface area contributed by atoms with E-state index in [1.165, 1.54) is 27.0 Å². The zero-order valence-corrected chi connectivity index (χ0v) is 18.6. The monoisotopic (exact) mass is 454 g/mol. The average molecular weight is 454 g/mol. The smallest absolute Gasteiger partial charge is 0.347 e. The van der Waals surface area contributed by atoms with Crippen molar-refractivity contribution in [3.8, 4) is 23.0 Å². The van der Waals surface area contributed by atoms with Gasteiger partial charge in [0.05, 0.1) is 7.11 Å². The quantitative estimate of drug-likeness (QED) is 0.384. The topological polar surface area (TPSA) is 102 Å². The minimum Gasteiger partial charge on any atom is -0.504 e. The van der Waals surface area contributed by atoms with Gasteiger partial charge >= 0.3 is 11.9 Å². The van der Waals surface area contributed by atoms with Crippen molar-refractivity contribution < 1.29 is 38.4 Å². The molecule has 8 heteroatoms. The first-order valence-corrected chi connectivity index (χ1v) is 9.98. The molecule has 0 spiro atoms. The lowest BCUT2D eigenvalue weighted by Gasteiger charge is -2.17. The minimum absolute atomic E-state index is 0.0443. The third-order valence-corrected chi connectivity index (χ3v) is 5.28. The summed E-state index contributed by atoms with van der Waals surface area (Å²) >= 11 is 0. The third kappa shape index (κ3) is 4.74. The number of aromatic hydroxyl groups is 1. The van der Waals surface area contributed by atoms with E-state index in [1.54, 1.807) is 13.0 Å². The van der Waals surface area contributed by atoms with Crippen LogP contribution >= 0.6 is 0 Å². The molecule has 0 heterocycles. The van der Waals surface area contributed by atoms with Gasteiger partial charge in [0.25, 0.3) is 0 Å². The molecule has 0 radical (unpaired) electrons. The van der Waals surface area contributed by atoms with Gasteiger partial charge in [-0.2, -0.15) is 4.39 Å². The first-order valence-electron chi connectivity index (χ1n) is 9.98. The Balaban J connectivity index is 1.92. The molecule has 0 fully saturated rings. The van der Waals surface area contributed by atoms with Gasteiger partial charge in [-0.25, -0.2) is 9.59 Å². The van der Waals surface area contributed by atoms with Gasteiger partial charge in [0.15, 0.2) is 11.5 Å². The number of methoxy groups -OCH3 is 1. The fourth-order valence-electron chi connectivity index (χ4n) is 3.41. The molecule has 3 aromatic rings. The van der Waals surface area contributed by atoms with E-state index in [9.17, 15) is 24.2 Å². The number of esters is 1. The van der Waals surface area contributed by atoms with Crippen LogP contribution in [0.15, 0.2) is 42.5 Å². The molecule has 0 amide bonds. The molecule has 3 rings (SSSR count). The molecule has 0 aliphatic carbocycles. The summed E-state index contributed by atoms with van der Waals surface area (Å²) in [7, 11) is 1.37. The summed E-state index contributed by atoms with van der Waals surface area (Å²) in [4.78, 5) is 24.3. The summed E-state index contributed by atoms with van der Waals surface area (Å²) in [5, 5.41) is 19.2. The Kier molecular flexibility index (Phi) is 6.86. The number of carbonyl (C=O) groups is 2. The number of phenols is 1. The molecule has 0 aliphatic heterocycles. The van der Waals surface area contributed by atoms with Crippen LogP contribution in [0, 0.1) is 26.6 Å². The highest BCUT2D eigenvalue weighted by Crippen LogP contribution is 2.38. The number of ether oxygens (including phenoxy) is 3. The Bertz CT molecular complexity index is 1190. The Morgan fingerprint density at radius 1 is 1.00 bits per heavy atom. The number of aryl methyl sites for hydroxylation is 1. The van der Waals surface area contributed by atoms with Crippen LogP contribution in [0.5, 0.6) is 23.0 Å². The lowest BCUT2D eigenvalue weighted by Crippen LogP contribution is -2.15. The van der Waals surface area contributed by atoms with Crippen molar-refractivity contribution in [1.82, 2.24) is 0 Å². The van der Waals surface area contributed by atoms with Crippen LogP contribution in [0.2, 0.25) is 0 Å². The lowest BCUT2D eigenvalue weighted by atomic mass is 10.0.